The van der Waals surface area contributed by atoms with E-state index in [4.69, 9.17) is 0 Å². The van der Waals surface area contributed by atoms with Gasteiger partial charge in [-0.2, -0.15) is 0 Å². The highest BCUT2D eigenvalue weighted by Crippen LogP contribution is 2.20. The monoisotopic (exact) mass is 916 g/mol. The Morgan fingerprint density at radius 2 is 1.02 bits per heavy atom. The number of aromatic amines is 3. The van der Waals surface area contributed by atoms with E-state index in [9.17, 15) is 38.4 Å². The topological polar surface area (TPSA) is 306 Å². The zero-order valence-corrected chi connectivity index (χ0v) is 39.0. The van der Waals surface area contributed by atoms with Crippen LogP contribution in [0.15, 0.2) is 55.5 Å². The molecule has 8 amide bonds. The highest BCUT2D eigenvalue weighted by Gasteiger charge is 2.34. The SMILES string of the molecule is CNC(=O)C(CC(C)C)NC(=O)C(Cc1cnc[nH]1)NC(=O)C(C)NC(=O)C(NC(=O)C(C)NC(=O)C(Cc1c[nH]c2ccccc12)NC(=O)C(Cc1cnc[nH]1)NC(=O)C(C)C)C(C)C. The van der Waals surface area contributed by atoms with Crippen molar-refractivity contribution in [1.29, 1.82) is 0 Å². The Labute approximate surface area is 383 Å². The average molecular weight is 916 g/mol. The summed E-state index contributed by atoms with van der Waals surface area (Å²) in [5.74, 6) is -5.73. The Bertz CT molecular complexity index is 2270. The van der Waals surface area contributed by atoms with Gasteiger partial charge in [0.2, 0.25) is 47.3 Å². The number of H-pyrrole nitrogens is 3. The van der Waals surface area contributed by atoms with Crippen LogP contribution in [0.5, 0.6) is 0 Å². The van der Waals surface area contributed by atoms with Gasteiger partial charge in [-0.1, -0.05) is 59.7 Å². The fourth-order valence-corrected chi connectivity index (χ4v) is 7.00. The van der Waals surface area contributed by atoms with Crippen molar-refractivity contribution >= 4 is 58.2 Å². The standard InChI is InChI=1S/C45H65N13O8/c1-23(2)14-33(41(62)46-9)56-44(65)36(17-30-20-48-22-51-30)55-39(60)26(7)53-45(66)37(24(3)4)58-40(61)27(8)52-42(63)34(15-28-18-49-32-13-11-10-12-31(28)32)57-43(64)35(54-38(59)25(5)6)16-29-19-47-21-50-29/h10-13,18-27,33-37,49H,14-17H2,1-9H3,(H,46,62)(H,47,50)(H,48,51)(H,52,63)(H,53,66)(H,54,59)(H,55,60)(H,56,65)(H,57,64)(H,58,61). The van der Waals surface area contributed by atoms with Gasteiger partial charge in [-0.25, -0.2) is 9.97 Å². The van der Waals surface area contributed by atoms with Gasteiger partial charge in [-0.3, -0.25) is 38.4 Å². The van der Waals surface area contributed by atoms with Crippen molar-refractivity contribution in [3.63, 3.8) is 0 Å². The fraction of sp³-hybridized carbons (Fsp3) is 0.511. The number of rotatable bonds is 24. The number of likely N-dealkylation sites (N-methyl/N-ethyl adjacent to an activating group) is 1. The van der Waals surface area contributed by atoms with Crippen LogP contribution in [0.3, 0.4) is 0 Å². The average Bonchev–Trinajstić information content (AvgIpc) is 4.07. The van der Waals surface area contributed by atoms with E-state index in [1.807, 2.05) is 38.1 Å². The van der Waals surface area contributed by atoms with Crippen LogP contribution < -0.4 is 42.5 Å². The van der Waals surface area contributed by atoms with Crippen molar-refractivity contribution in [2.45, 2.75) is 123 Å². The van der Waals surface area contributed by atoms with E-state index in [0.29, 0.717) is 23.4 Å². The smallest absolute Gasteiger partial charge is 0.243 e. The maximum atomic E-state index is 14.1. The second kappa shape index (κ2) is 24.3. The minimum Gasteiger partial charge on any atom is -0.361 e. The lowest BCUT2D eigenvalue weighted by Gasteiger charge is -2.27. The Balaban J connectivity index is 1.46. The molecule has 0 aliphatic heterocycles. The molecule has 0 fully saturated rings. The molecule has 7 atom stereocenters. The molecule has 7 unspecified atom stereocenters. The molecule has 3 heterocycles. The molecule has 0 bridgehead atoms. The van der Waals surface area contributed by atoms with E-state index in [1.165, 1.54) is 45.9 Å². The first kappa shape index (κ1) is 51.6. The van der Waals surface area contributed by atoms with Gasteiger partial charge in [0.25, 0.3) is 0 Å². The van der Waals surface area contributed by atoms with E-state index in [1.54, 1.807) is 33.9 Å². The van der Waals surface area contributed by atoms with E-state index < -0.39 is 95.5 Å². The van der Waals surface area contributed by atoms with Crippen molar-refractivity contribution in [2.24, 2.45) is 17.8 Å². The van der Waals surface area contributed by atoms with Crippen LogP contribution in [0, 0.1) is 17.8 Å². The van der Waals surface area contributed by atoms with Crippen molar-refractivity contribution in [1.82, 2.24) is 67.5 Å². The van der Waals surface area contributed by atoms with Gasteiger partial charge in [0.15, 0.2) is 0 Å². The second-order valence-electron chi connectivity index (χ2n) is 17.5. The molecule has 11 N–H and O–H groups in total. The molecule has 0 spiro atoms. The number of hydrogen-bond donors (Lipinski definition) is 11. The zero-order valence-electron chi connectivity index (χ0n) is 39.0. The predicted molar refractivity (Wildman–Crippen MR) is 245 cm³/mol. The third kappa shape index (κ3) is 15.0. The summed E-state index contributed by atoms with van der Waals surface area (Å²) in [6, 6.07) is -0.461. The normalized spacial score (nSPS) is 14.5. The molecule has 0 aliphatic rings. The lowest BCUT2D eigenvalue weighted by atomic mass is 10.0. The summed E-state index contributed by atoms with van der Waals surface area (Å²) in [5.41, 5.74) is 2.63. The van der Waals surface area contributed by atoms with Crippen LogP contribution >= 0.6 is 0 Å². The third-order valence-electron chi connectivity index (χ3n) is 10.8. The summed E-state index contributed by atoms with van der Waals surface area (Å²) in [6.45, 7) is 13.4. The highest BCUT2D eigenvalue weighted by atomic mass is 16.2. The van der Waals surface area contributed by atoms with Crippen LogP contribution in [0.2, 0.25) is 0 Å². The molecule has 358 valence electrons. The van der Waals surface area contributed by atoms with Crippen LogP contribution in [0.25, 0.3) is 10.9 Å². The van der Waals surface area contributed by atoms with Gasteiger partial charge in [0.1, 0.15) is 42.3 Å². The van der Waals surface area contributed by atoms with Crippen molar-refractivity contribution in [2.75, 3.05) is 7.05 Å². The van der Waals surface area contributed by atoms with E-state index in [-0.39, 0.29) is 31.1 Å². The Morgan fingerprint density at radius 3 is 1.53 bits per heavy atom. The molecule has 21 heteroatoms. The summed E-state index contributed by atoms with van der Waals surface area (Å²) in [5, 5.41) is 22.3. The second-order valence-corrected chi connectivity index (χ2v) is 17.5. The number of hydrogen-bond acceptors (Lipinski definition) is 10. The number of carbonyl (C=O) groups excluding carboxylic acids is 8. The summed E-state index contributed by atoms with van der Waals surface area (Å²) in [7, 11) is 1.46. The molecule has 4 aromatic rings. The summed E-state index contributed by atoms with van der Waals surface area (Å²) in [4.78, 5) is 125. The molecule has 0 saturated heterocycles. The number of aromatic nitrogens is 5. The minimum absolute atomic E-state index is 0.00144. The minimum atomic E-state index is -1.22. The maximum absolute atomic E-state index is 14.1. The molecule has 0 radical (unpaired) electrons. The quantitative estimate of drug-likeness (QED) is 0.0453. The lowest BCUT2D eigenvalue weighted by molar-refractivity contribution is -0.136. The van der Waals surface area contributed by atoms with Crippen molar-refractivity contribution < 1.29 is 38.4 Å². The Morgan fingerprint density at radius 1 is 0.530 bits per heavy atom. The summed E-state index contributed by atoms with van der Waals surface area (Å²) in [6.07, 6.45) is 8.05. The molecule has 0 saturated carbocycles. The number of para-hydroxylation sites is 1. The molecular weight excluding hydrogens is 851 g/mol. The molecule has 4 rings (SSSR count). The van der Waals surface area contributed by atoms with Gasteiger partial charge in [-0.05, 0) is 43.7 Å². The largest absolute Gasteiger partial charge is 0.361 e. The van der Waals surface area contributed by atoms with Gasteiger partial charge in [0.05, 0.1) is 12.7 Å². The van der Waals surface area contributed by atoms with Gasteiger partial charge >= 0.3 is 0 Å². The predicted octanol–water partition coefficient (Wildman–Crippen LogP) is 0.180. The number of fused-ring (bicyclic) bond motifs is 1. The number of nitrogens with one attached hydrogen (secondary N) is 11. The number of carbonyl (C=O) groups is 8. The zero-order chi connectivity index (χ0) is 48.7. The first-order valence-electron chi connectivity index (χ1n) is 22.1. The molecule has 1 aromatic carbocycles. The summed E-state index contributed by atoms with van der Waals surface area (Å²) < 4.78 is 0. The van der Waals surface area contributed by atoms with Crippen LogP contribution in [0.1, 0.15) is 78.8 Å². The van der Waals surface area contributed by atoms with Crippen molar-refractivity contribution in [3.8, 4) is 0 Å². The number of benzene rings is 1. The van der Waals surface area contributed by atoms with Crippen LogP contribution in [-0.2, 0) is 57.6 Å². The Kier molecular flexibility index (Phi) is 19.0. The first-order chi connectivity index (χ1) is 31.3. The van der Waals surface area contributed by atoms with E-state index in [2.05, 4.69) is 67.5 Å². The molecule has 0 aliphatic carbocycles. The molecular formula is C45H65N13O8. The van der Waals surface area contributed by atoms with Gasteiger partial charge in [0, 0.05) is 73.1 Å². The van der Waals surface area contributed by atoms with Crippen LogP contribution in [-0.4, -0.2) is 122 Å². The van der Waals surface area contributed by atoms with Crippen molar-refractivity contribution in [3.05, 3.63) is 72.5 Å². The highest BCUT2D eigenvalue weighted by molar-refractivity contribution is 5.98. The summed E-state index contributed by atoms with van der Waals surface area (Å²) >= 11 is 0. The number of nitrogens with zero attached hydrogens (tertiary/aromatic N) is 2. The Hall–Kier alpha value is -7.06. The first-order valence-corrected chi connectivity index (χ1v) is 22.1. The molecule has 21 nitrogen and oxygen atoms in total. The van der Waals surface area contributed by atoms with Gasteiger partial charge in [-0.15, -0.1) is 0 Å². The van der Waals surface area contributed by atoms with Crippen LogP contribution in [0.4, 0.5) is 0 Å². The number of amides is 8. The fourth-order valence-electron chi connectivity index (χ4n) is 7.00. The molecule has 66 heavy (non-hydrogen) atoms. The maximum Gasteiger partial charge on any atom is 0.243 e. The third-order valence-corrected chi connectivity index (χ3v) is 10.8. The van der Waals surface area contributed by atoms with Gasteiger partial charge < -0.3 is 57.5 Å². The van der Waals surface area contributed by atoms with E-state index >= 15 is 0 Å². The number of imidazole rings is 2. The molecule has 3 aromatic heterocycles. The lowest BCUT2D eigenvalue weighted by Crippen LogP contribution is -2.60. The van der Waals surface area contributed by atoms with E-state index in [0.717, 1.165) is 10.9 Å².